The van der Waals surface area contributed by atoms with E-state index >= 15 is 0 Å². The molecular weight excluding hydrogens is 174 g/mol. The van der Waals surface area contributed by atoms with E-state index in [2.05, 4.69) is 31.8 Å². The molecule has 1 aromatic rings. The third-order valence-electron chi connectivity index (χ3n) is 2.13. The van der Waals surface area contributed by atoms with Gasteiger partial charge in [0.05, 0.1) is 12.3 Å². The molecule has 0 N–H and O–H groups in total. The Bertz CT molecular complexity index is 313. The Morgan fingerprint density at radius 1 is 1.29 bits per heavy atom. The fraction of sp³-hybridized carbons (Fsp3) is 0.583. The zero-order valence-corrected chi connectivity index (χ0v) is 9.72. The van der Waals surface area contributed by atoms with Crippen LogP contribution in [0.15, 0.2) is 12.1 Å². The van der Waals surface area contributed by atoms with Crippen molar-refractivity contribution in [1.82, 2.24) is 4.98 Å². The van der Waals surface area contributed by atoms with Crippen LogP contribution < -0.4 is 0 Å². The summed E-state index contributed by atoms with van der Waals surface area (Å²) >= 11 is 0. The molecule has 0 aliphatic heterocycles. The Labute approximate surface area is 86.3 Å². The van der Waals surface area contributed by atoms with Gasteiger partial charge >= 0.3 is 0 Å². The molecular formula is C12H19NO. The number of pyridine rings is 1. The van der Waals surface area contributed by atoms with Crippen molar-refractivity contribution < 1.29 is 4.74 Å². The van der Waals surface area contributed by atoms with Gasteiger partial charge < -0.3 is 4.74 Å². The van der Waals surface area contributed by atoms with Gasteiger partial charge in [0.2, 0.25) is 0 Å². The van der Waals surface area contributed by atoms with Gasteiger partial charge in [-0.05, 0) is 18.6 Å². The van der Waals surface area contributed by atoms with Crippen molar-refractivity contribution in [2.45, 2.75) is 39.7 Å². The maximum Gasteiger partial charge on any atom is 0.0731 e. The molecule has 0 amide bonds. The van der Waals surface area contributed by atoms with Gasteiger partial charge in [-0.25, -0.2) is 0 Å². The van der Waals surface area contributed by atoms with Crippen LogP contribution in [0.1, 0.15) is 37.7 Å². The van der Waals surface area contributed by atoms with Crippen molar-refractivity contribution in [1.29, 1.82) is 0 Å². The SMILES string of the molecule is COCc1ccc(C)nc1C(C)(C)C. The summed E-state index contributed by atoms with van der Waals surface area (Å²) in [6, 6.07) is 4.13. The molecule has 78 valence electrons. The summed E-state index contributed by atoms with van der Waals surface area (Å²) in [6.07, 6.45) is 0. The lowest BCUT2D eigenvalue weighted by Gasteiger charge is -2.21. The molecule has 0 spiro atoms. The molecule has 0 unspecified atom stereocenters. The third kappa shape index (κ3) is 2.55. The van der Waals surface area contributed by atoms with Crippen molar-refractivity contribution in [2.24, 2.45) is 0 Å². The number of ether oxygens (including phenoxy) is 1. The second-order valence-corrected chi connectivity index (χ2v) is 4.64. The Morgan fingerprint density at radius 3 is 2.43 bits per heavy atom. The van der Waals surface area contributed by atoms with Crippen LogP contribution in [0.4, 0.5) is 0 Å². The lowest BCUT2D eigenvalue weighted by atomic mass is 9.88. The summed E-state index contributed by atoms with van der Waals surface area (Å²) in [5, 5.41) is 0. The molecule has 0 aliphatic carbocycles. The molecule has 1 heterocycles. The largest absolute Gasteiger partial charge is 0.380 e. The lowest BCUT2D eigenvalue weighted by molar-refractivity contribution is 0.182. The highest BCUT2D eigenvalue weighted by atomic mass is 16.5. The van der Waals surface area contributed by atoms with Crippen molar-refractivity contribution in [2.75, 3.05) is 7.11 Å². The summed E-state index contributed by atoms with van der Waals surface area (Å²) < 4.78 is 5.16. The Morgan fingerprint density at radius 2 is 1.93 bits per heavy atom. The maximum absolute atomic E-state index is 5.16. The highest BCUT2D eigenvalue weighted by molar-refractivity contribution is 5.27. The zero-order chi connectivity index (χ0) is 10.8. The average molecular weight is 193 g/mol. The molecule has 0 aromatic carbocycles. The molecule has 2 nitrogen and oxygen atoms in total. The molecule has 0 radical (unpaired) electrons. The first kappa shape index (κ1) is 11.2. The number of methoxy groups -OCH3 is 1. The van der Waals surface area contributed by atoms with E-state index in [0.29, 0.717) is 6.61 Å². The molecule has 0 saturated heterocycles. The van der Waals surface area contributed by atoms with E-state index in [0.717, 1.165) is 11.4 Å². The predicted molar refractivity (Wildman–Crippen MR) is 58.4 cm³/mol. The van der Waals surface area contributed by atoms with E-state index in [-0.39, 0.29) is 5.41 Å². The normalized spacial score (nSPS) is 11.8. The Kier molecular flexibility index (Phi) is 3.27. The van der Waals surface area contributed by atoms with Gasteiger partial charge in [0.1, 0.15) is 0 Å². The summed E-state index contributed by atoms with van der Waals surface area (Å²) in [6.45, 7) is 9.18. The first-order chi connectivity index (χ1) is 6.45. The van der Waals surface area contributed by atoms with E-state index in [1.54, 1.807) is 7.11 Å². The van der Waals surface area contributed by atoms with Gasteiger partial charge in [0.25, 0.3) is 0 Å². The average Bonchev–Trinajstić information content (AvgIpc) is 2.07. The number of hydrogen-bond acceptors (Lipinski definition) is 2. The van der Waals surface area contributed by atoms with Gasteiger partial charge in [0, 0.05) is 18.2 Å². The molecule has 1 rings (SSSR count). The van der Waals surface area contributed by atoms with E-state index in [4.69, 9.17) is 4.74 Å². The van der Waals surface area contributed by atoms with Crippen LogP contribution >= 0.6 is 0 Å². The minimum atomic E-state index is 0.0832. The van der Waals surface area contributed by atoms with E-state index in [1.165, 1.54) is 5.56 Å². The minimum Gasteiger partial charge on any atom is -0.380 e. The van der Waals surface area contributed by atoms with Crippen molar-refractivity contribution in [3.05, 3.63) is 29.1 Å². The monoisotopic (exact) mass is 193 g/mol. The van der Waals surface area contributed by atoms with Gasteiger partial charge in [-0.1, -0.05) is 26.8 Å². The van der Waals surface area contributed by atoms with Gasteiger partial charge in [-0.2, -0.15) is 0 Å². The third-order valence-corrected chi connectivity index (χ3v) is 2.13. The van der Waals surface area contributed by atoms with Gasteiger partial charge in [0.15, 0.2) is 0 Å². The summed E-state index contributed by atoms with van der Waals surface area (Å²) in [7, 11) is 1.71. The molecule has 0 aliphatic rings. The fourth-order valence-electron chi connectivity index (χ4n) is 1.51. The predicted octanol–water partition coefficient (Wildman–Crippen LogP) is 2.83. The number of rotatable bonds is 2. The van der Waals surface area contributed by atoms with E-state index in [9.17, 15) is 0 Å². The van der Waals surface area contributed by atoms with E-state index in [1.807, 2.05) is 13.0 Å². The molecule has 14 heavy (non-hydrogen) atoms. The topological polar surface area (TPSA) is 22.1 Å². The van der Waals surface area contributed by atoms with Crippen molar-refractivity contribution in [3.63, 3.8) is 0 Å². The van der Waals surface area contributed by atoms with Crippen LogP contribution in [0.5, 0.6) is 0 Å². The smallest absolute Gasteiger partial charge is 0.0731 e. The molecule has 2 heteroatoms. The van der Waals surface area contributed by atoms with Crippen molar-refractivity contribution in [3.8, 4) is 0 Å². The maximum atomic E-state index is 5.16. The standard InChI is InChI=1S/C12H19NO/c1-9-6-7-10(8-14-5)11(13-9)12(2,3)4/h6-7H,8H2,1-5H3. The molecule has 0 bridgehead atoms. The molecule has 1 aromatic heterocycles. The molecule has 0 fully saturated rings. The van der Waals surface area contributed by atoms with Crippen LogP contribution in [-0.4, -0.2) is 12.1 Å². The number of aromatic nitrogens is 1. The summed E-state index contributed by atoms with van der Waals surface area (Å²) in [5.41, 5.74) is 3.47. The van der Waals surface area contributed by atoms with Crippen LogP contribution in [0.2, 0.25) is 0 Å². The number of hydrogen-bond donors (Lipinski definition) is 0. The van der Waals surface area contributed by atoms with Gasteiger partial charge in [-0.15, -0.1) is 0 Å². The quantitative estimate of drug-likeness (QED) is 0.720. The van der Waals surface area contributed by atoms with Crippen molar-refractivity contribution >= 4 is 0 Å². The highest BCUT2D eigenvalue weighted by Crippen LogP contribution is 2.24. The number of aryl methyl sites for hydroxylation is 1. The molecule has 0 saturated carbocycles. The second-order valence-electron chi connectivity index (χ2n) is 4.64. The fourth-order valence-corrected chi connectivity index (χ4v) is 1.51. The second kappa shape index (κ2) is 4.09. The highest BCUT2D eigenvalue weighted by Gasteiger charge is 2.19. The van der Waals surface area contributed by atoms with Crippen LogP contribution in [0.3, 0.4) is 0 Å². The zero-order valence-electron chi connectivity index (χ0n) is 9.72. The first-order valence-electron chi connectivity index (χ1n) is 4.91. The van der Waals surface area contributed by atoms with Crippen LogP contribution in [0.25, 0.3) is 0 Å². The number of nitrogens with zero attached hydrogens (tertiary/aromatic N) is 1. The Hall–Kier alpha value is -0.890. The van der Waals surface area contributed by atoms with Crippen LogP contribution in [-0.2, 0) is 16.8 Å². The minimum absolute atomic E-state index is 0.0832. The summed E-state index contributed by atoms with van der Waals surface area (Å²) in [4.78, 5) is 4.58. The van der Waals surface area contributed by atoms with E-state index < -0.39 is 0 Å². The summed E-state index contributed by atoms with van der Waals surface area (Å²) in [5.74, 6) is 0. The van der Waals surface area contributed by atoms with Gasteiger partial charge in [-0.3, -0.25) is 4.98 Å². The first-order valence-corrected chi connectivity index (χ1v) is 4.91. The lowest BCUT2D eigenvalue weighted by Crippen LogP contribution is -2.17. The Balaban J connectivity index is 3.16. The molecule has 0 atom stereocenters. The van der Waals surface area contributed by atoms with Crippen LogP contribution in [0, 0.1) is 6.92 Å².